The molecular formula is C11H11BrN2OS. The van der Waals surface area contributed by atoms with Crippen molar-refractivity contribution in [3.8, 4) is 0 Å². The van der Waals surface area contributed by atoms with Crippen molar-refractivity contribution in [2.75, 3.05) is 6.54 Å². The number of hydrogen-bond acceptors (Lipinski definition) is 4. The molecule has 0 saturated heterocycles. The van der Waals surface area contributed by atoms with Gasteiger partial charge in [-0.25, -0.2) is 4.98 Å². The maximum absolute atomic E-state index is 5.58. The lowest BCUT2D eigenvalue weighted by atomic mass is 10.1. The Kier molecular flexibility index (Phi) is 4.04. The van der Waals surface area contributed by atoms with Crippen LogP contribution in [0.3, 0.4) is 0 Å². The van der Waals surface area contributed by atoms with E-state index >= 15 is 0 Å². The number of benzene rings is 1. The van der Waals surface area contributed by atoms with E-state index in [1.165, 1.54) is 17.3 Å². The summed E-state index contributed by atoms with van der Waals surface area (Å²) in [6.45, 7) is 0.640. The van der Waals surface area contributed by atoms with E-state index in [1.807, 2.05) is 6.07 Å². The molecular weight excluding hydrogens is 288 g/mol. The largest absolute Gasteiger partial charge is 0.440 e. The number of oxazole rings is 1. The fourth-order valence-electron chi connectivity index (χ4n) is 1.34. The smallest absolute Gasteiger partial charge is 0.260 e. The third-order valence-corrected chi connectivity index (χ3v) is 3.52. The van der Waals surface area contributed by atoms with Gasteiger partial charge in [-0.05, 0) is 42.4 Å². The van der Waals surface area contributed by atoms with Gasteiger partial charge in [0, 0.05) is 9.37 Å². The average molecular weight is 299 g/mol. The maximum atomic E-state index is 5.58. The second-order valence-corrected chi connectivity index (χ2v) is 5.10. The van der Waals surface area contributed by atoms with Gasteiger partial charge in [0.15, 0.2) is 0 Å². The van der Waals surface area contributed by atoms with E-state index in [9.17, 15) is 0 Å². The fraction of sp³-hybridized carbons (Fsp3) is 0.182. The third-order valence-electron chi connectivity index (χ3n) is 2.05. The molecule has 0 aliphatic carbocycles. The van der Waals surface area contributed by atoms with Gasteiger partial charge >= 0.3 is 0 Å². The summed E-state index contributed by atoms with van der Waals surface area (Å²) in [5.74, 6) is 0. The highest BCUT2D eigenvalue weighted by Crippen LogP contribution is 2.31. The molecule has 5 heteroatoms. The summed E-state index contributed by atoms with van der Waals surface area (Å²) < 4.78 is 6.26. The molecule has 0 aliphatic rings. The van der Waals surface area contributed by atoms with Crippen LogP contribution in [0.15, 0.2) is 49.7 Å². The van der Waals surface area contributed by atoms with Gasteiger partial charge in [0.1, 0.15) is 6.26 Å². The van der Waals surface area contributed by atoms with Crippen molar-refractivity contribution in [3.05, 3.63) is 40.7 Å². The van der Waals surface area contributed by atoms with E-state index in [4.69, 9.17) is 10.2 Å². The van der Waals surface area contributed by atoms with E-state index in [2.05, 4.69) is 33.0 Å². The predicted molar refractivity (Wildman–Crippen MR) is 67.5 cm³/mol. The fourth-order valence-corrected chi connectivity index (χ4v) is 2.75. The van der Waals surface area contributed by atoms with Crippen molar-refractivity contribution >= 4 is 27.7 Å². The Bertz CT molecular complexity index is 459. The summed E-state index contributed by atoms with van der Waals surface area (Å²) in [6.07, 6.45) is 4.07. The Balaban J connectivity index is 2.26. The van der Waals surface area contributed by atoms with Crippen LogP contribution in [-0.4, -0.2) is 11.5 Å². The number of nitrogens with zero attached hydrogens (tertiary/aromatic N) is 1. The third kappa shape index (κ3) is 2.87. The van der Waals surface area contributed by atoms with E-state index in [0.717, 1.165) is 15.8 Å². The number of aromatic nitrogens is 1. The summed E-state index contributed by atoms with van der Waals surface area (Å²) in [7, 11) is 0. The quantitative estimate of drug-likeness (QED) is 0.942. The first-order valence-corrected chi connectivity index (χ1v) is 6.46. The van der Waals surface area contributed by atoms with E-state index < -0.39 is 0 Å². The molecule has 0 fully saturated rings. The second kappa shape index (κ2) is 5.52. The minimum atomic E-state index is 0.640. The molecule has 1 aromatic heterocycles. The van der Waals surface area contributed by atoms with Gasteiger partial charge in [0.2, 0.25) is 0 Å². The minimum absolute atomic E-state index is 0.640. The molecule has 0 radical (unpaired) electrons. The van der Waals surface area contributed by atoms with Crippen molar-refractivity contribution < 1.29 is 4.42 Å². The zero-order chi connectivity index (χ0) is 11.4. The Morgan fingerprint density at radius 3 is 3.00 bits per heavy atom. The van der Waals surface area contributed by atoms with Gasteiger partial charge in [-0.1, -0.05) is 22.0 Å². The monoisotopic (exact) mass is 298 g/mol. The van der Waals surface area contributed by atoms with Crippen molar-refractivity contribution in [3.63, 3.8) is 0 Å². The van der Waals surface area contributed by atoms with Gasteiger partial charge in [-0.2, -0.15) is 0 Å². The SMILES string of the molecule is NCCc1ccc(Br)cc1Sc1ncco1. The standard InChI is InChI=1S/C11H11BrN2OS/c12-9-2-1-8(3-4-13)10(7-9)16-11-14-5-6-15-11/h1-2,5-7H,3-4,13H2. The molecule has 16 heavy (non-hydrogen) atoms. The van der Waals surface area contributed by atoms with E-state index in [0.29, 0.717) is 11.8 Å². The lowest BCUT2D eigenvalue weighted by Crippen LogP contribution is -2.03. The van der Waals surface area contributed by atoms with Crippen LogP contribution in [0.1, 0.15) is 5.56 Å². The molecule has 1 heterocycles. The van der Waals surface area contributed by atoms with Crippen LogP contribution in [-0.2, 0) is 6.42 Å². The van der Waals surface area contributed by atoms with Crippen LogP contribution in [0.25, 0.3) is 0 Å². The molecule has 3 nitrogen and oxygen atoms in total. The second-order valence-electron chi connectivity index (χ2n) is 3.19. The van der Waals surface area contributed by atoms with Crippen LogP contribution < -0.4 is 5.73 Å². The highest BCUT2D eigenvalue weighted by molar-refractivity contribution is 9.10. The number of rotatable bonds is 4. The highest BCUT2D eigenvalue weighted by Gasteiger charge is 2.07. The van der Waals surface area contributed by atoms with Gasteiger partial charge < -0.3 is 10.2 Å². The Labute approximate surface area is 107 Å². The number of nitrogens with two attached hydrogens (primary N) is 1. The maximum Gasteiger partial charge on any atom is 0.260 e. The van der Waals surface area contributed by atoms with Crippen LogP contribution >= 0.6 is 27.7 Å². The van der Waals surface area contributed by atoms with Crippen LogP contribution in [0, 0.1) is 0 Å². The molecule has 0 aliphatic heterocycles. The molecule has 0 amide bonds. The van der Waals surface area contributed by atoms with Crippen molar-refractivity contribution in [2.45, 2.75) is 16.5 Å². The van der Waals surface area contributed by atoms with Gasteiger partial charge in [0.05, 0.1) is 6.20 Å². The summed E-state index contributed by atoms with van der Waals surface area (Å²) in [5.41, 5.74) is 6.80. The lowest BCUT2D eigenvalue weighted by molar-refractivity contribution is 0.454. The Morgan fingerprint density at radius 1 is 1.44 bits per heavy atom. The molecule has 84 valence electrons. The molecule has 0 bridgehead atoms. The predicted octanol–water partition coefficient (Wildman–Crippen LogP) is 3.09. The van der Waals surface area contributed by atoms with Crippen molar-refractivity contribution in [1.29, 1.82) is 0 Å². The first-order chi connectivity index (χ1) is 7.79. The van der Waals surface area contributed by atoms with Gasteiger partial charge in [-0.3, -0.25) is 0 Å². The molecule has 0 atom stereocenters. The lowest BCUT2D eigenvalue weighted by Gasteiger charge is -2.06. The summed E-state index contributed by atoms with van der Waals surface area (Å²) in [4.78, 5) is 5.22. The summed E-state index contributed by atoms with van der Waals surface area (Å²) >= 11 is 4.97. The van der Waals surface area contributed by atoms with Gasteiger partial charge in [-0.15, -0.1) is 0 Å². The molecule has 0 spiro atoms. The zero-order valence-corrected chi connectivity index (χ0v) is 10.9. The molecule has 0 unspecified atom stereocenters. The van der Waals surface area contributed by atoms with E-state index in [1.54, 1.807) is 12.5 Å². The van der Waals surface area contributed by atoms with Crippen molar-refractivity contribution in [1.82, 2.24) is 4.98 Å². The first kappa shape index (κ1) is 11.7. The average Bonchev–Trinajstić information content (AvgIpc) is 2.75. The molecule has 2 rings (SSSR count). The summed E-state index contributed by atoms with van der Waals surface area (Å²) in [6, 6.07) is 6.15. The van der Waals surface area contributed by atoms with Crippen molar-refractivity contribution in [2.24, 2.45) is 5.73 Å². The zero-order valence-electron chi connectivity index (χ0n) is 8.52. The normalized spacial score (nSPS) is 10.6. The topological polar surface area (TPSA) is 52.0 Å². The van der Waals surface area contributed by atoms with Crippen LogP contribution in [0.4, 0.5) is 0 Å². The summed E-state index contributed by atoms with van der Waals surface area (Å²) in [5, 5.41) is 0.649. The van der Waals surface area contributed by atoms with Crippen LogP contribution in [0.5, 0.6) is 0 Å². The first-order valence-electron chi connectivity index (χ1n) is 4.85. The minimum Gasteiger partial charge on any atom is -0.440 e. The molecule has 1 aromatic carbocycles. The molecule has 2 aromatic rings. The molecule has 0 saturated carbocycles. The van der Waals surface area contributed by atoms with E-state index in [-0.39, 0.29) is 0 Å². The Morgan fingerprint density at radius 2 is 2.31 bits per heavy atom. The van der Waals surface area contributed by atoms with Crippen LogP contribution in [0.2, 0.25) is 0 Å². The highest BCUT2D eigenvalue weighted by atomic mass is 79.9. The Hall–Kier alpha value is -0.780. The molecule has 2 N–H and O–H groups in total. The van der Waals surface area contributed by atoms with Gasteiger partial charge in [0.25, 0.3) is 5.22 Å². The number of hydrogen-bond donors (Lipinski definition) is 1. The number of halogens is 1.